The van der Waals surface area contributed by atoms with Crippen LogP contribution in [0.2, 0.25) is 0 Å². The molecule has 1 fully saturated rings. The summed E-state index contributed by atoms with van der Waals surface area (Å²) >= 11 is 0. The van der Waals surface area contributed by atoms with E-state index in [4.69, 9.17) is 9.47 Å². The lowest BCUT2D eigenvalue weighted by Crippen LogP contribution is -2.51. The van der Waals surface area contributed by atoms with E-state index < -0.39 is 0 Å². The summed E-state index contributed by atoms with van der Waals surface area (Å²) in [6, 6.07) is 3.14. The van der Waals surface area contributed by atoms with Gasteiger partial charge in [-0.1, -0.05) is 20.8 Å². The molecular weight excluding hydrogens is 304 g/mol. The van der Waals surface area contributed by atoms with Gasteiger partial charge in [-0.05, 0) is 12.8 Å². The van der Waals surface area contributed by atoms with Crippen LogP contribution in [0.25, 0.3) is 0 Å². The van der Waals surface area contributed by atoms with Gasteiger partial charge in [0.05, 0.1) is 18.9 Å². The second-order valence-corrected chi connectivity index (χ2v) is 7.53. The Morgan fingerprint density at radius 1 is 1.12 bits per heavy atom. The molecule has 6 nitrogen and oxygen atoms in total. The van der Waals surface area contributed by atoms with Crippen LogP contribution < -0.4 is 5.32 Å². The number of ether oxygens (including phenoxy) is 2. The molecule has 6 heteroatoms. The van der Waals surface area contributed by atoms with E-state index >= 15 is 0 Å². The van der Waals surface area contributed by atoms with E-state index in [0.717, 1.165) is 50.7 Å². The number of aromatic nitrogens is 2. The molecule has 136 valence electrons. The topological polar surface area (TPSA) is 59.5 Å². The van der Waals surface area contributed by atoms with Gasteiger partial charge in [0.25, 0.3) is 0 Å². The standard InChI is InChI=1S/C18H32N4O2/c1-18(2,3)16-12-17(20-13-19-16)21-14-10-15(11-14)22(6-8-23-4)7-9-24-5/h12-15H,6-11H2,1-5H3,(H,19,20,21)/t14-,15-. The fraction of sp³-hybridized carbons (Fsp3) is 0.778. The molecule has 1 aliphatic rings. The van der Waals surface area contributed by atoms with Crippen LogP contribution in [0.5, 0.6) is 0 Å². The summed E-state index contributed by atoms with van der Waals surface area (Å²) in [7, 11) is 3.50. The predicted octanol–water partition coefficient (Wildman–Crippen LogP) is 2.31. The Morgan fingerprint density at radius 3 is 2.29 bits per heavy atom. The molecule has 1 saturated carbocycles. The highest BCUT2D eigenvalue weighted by molar-refractivity contribution is 5.38. The highest BCUT2D eigenvalue weighted by Crippen LogP contribution is 2.29. The van der Waals surface area contributed by atoms with Gasteiger partial charge >= 0.3 is 0 Å². The van der Waals surface area contributed by atoms with Gasteiger partial charge in [-0.3, -0.25) is 4.90 Å². The molecular formula is C18H32N4O2. The Kier molecular flexibility index (Phi) is 6.95. The average Bonchev–Trinajstić information content (AvgIpc) is 2.51. The summed E-state index contributed by atoms with van der Waals surface area (Å²) in [4.78, 5) is 11.2. The third-order valence-electron chi connectivity index (χ3n) is 4.58. The first-order valence-corrected chi connectivity index (χ1v) is 8.75. The molecule has 1 aliphatic carbocycles. The molecule has 24 heavy (non-hydrogen) atoms. The van der Waals surface area contributed by atoms with Crippen LogP contribution in [-0.4, -0.2) is 67.5 Å². The molecule has 1 N–H and O–H groups in total. The van der Waals surface area contributed by atoms with Crippen molar-refractivity contribution in [1.82, 2.24) is 14.9 Å². The lowest BCUT2D eigenvalue weighted by Gasteiger charge is -2.43. The molecule has 1 heterocycles. The molecule has 0 bridgehead atoms. The molecule has 0 spiro atoms. The SMILES string of the molecule is COCCN(CCOC)[C@H]1C[C@H](Nc2cc(C(C)(C)C)ncn2)C1. The number of nitrogens with zero attached hydrogens (tertiary/aromatic N) is 3. The first-order valence-electron chi connectivity index (χ1n) is 8.75. The fourth-order valence-electron chi connectivity index (χ4n) is 2.95. The third kappa shape index (κ3) is 5.40. The Hall–Kier alpha value is -1.24. The average molecular weight is 336 g/mol. The van der Waals surface area contributed by atoms with Crippen LogP contribution in [0.3, 0.4) is 0 Å². The van der Waals surface area contributed by atoms with Crippen molar-refractivity contribution in [2.75, 3.05) is 45.8 Å². The van der Waals surface area contributed by atoms with Gasteiger partial charge in [-0.2, -0.15) is 0 Å². The minimum atomic E-state index is 0.0403. The number of rotatable bonds is 9. The summed E-state index contributed by atoms with van der Waals surface area (Å²) < 4.78 is 10.4. The molecule has 0 amide bonds. The van der Waals surface area contributed by atoms with E-state index in [1.807, 2.05) is 0 Å². The molecule has 1 aromatic heterocycles. The molecule has 1 aromatic rings. The van der Waals surface area contributed by atoms with E-state index in [1.165, 1.54) is 0 Å². The van der Waals surface area contributed by atoms with Crippen LogP contribution in [0, 0.1) is 0 Å². The zero-order valence-electron chi connectivity index (χ0n) is 15.7. The first-order chi connectivity index (χ1) is 11.4. The van der Waals surface area contributed by atoms with Gasteiger partial charge in [-0.25, -0.2) is 9.97 Å². The van der Waals surface area contributed by atoms with Crippen molar-refractivity contribution in [2.24, 2.45) is 0 Å². The lowest BCUT2D eigenvalue weighted by atomic mass is 9.85. The summed E-state index contributed by atoms with van der Waals surface area (Å²) in [6.07, 6.45) is 3.91. The molecule has 2 rings (SSSR count). The van der Waals surface area contributed by atoms with Gasteiger partial charge in [0.2, 0.25) is 0 Å². The molecule has 0 atom stereocenters. The van der Waals surface area contributed by atoms with Crippen LogP contribution in [0.1, 0.15) is 39.3 Å². The van der Waals surface area contributed by atoms with Gasteiger partial charge in [0.1, 0.15) is 12.1 Å². The predicted molar refractivity (Wildman–Crippen MR) is 96.5 cm³/mol. The lowest BCUT2D eigenvalue weighted by molar-refractivity contribution is 0.0546. The minimum absolute atomic E-state index is 0.0403. The zero-order chi connectivity index (χ0) is 17.6. The van der Waals surface area contributed by atoms with Crippen molar-refractivity contribution >= 4 is 5.82 Å². The van der Waals surface area contributed by atoms with Crippen molar-refractivity contribution in [1.29, 1.82) is 0 Å². The number of anilines is 1. The maximum Gasteiger partial charge on any atom is 0.129 e. The van der Waals surface area contributed by atoms with Gasteiger partial charge in [0.15, 0.2) is 0 Å². The van der Waals surface area contributed by atoms with E-state index in [1.54, 1.807) is 20.5 Å². The molecule has 0 radical (unpaired) electrons. The molecule has 0 unspecified atom stereocenters. The van der Waals surface area contributed by atoms with Crippen LogP contribution in [0.15, 0.2) is 12.4 Å². The van der Waals surface area contributed by atoms with Crippen molar-refractivity contribution in [3.8, 4) is 0 Å². The second-order valence-electron chi connectivity index (χ2n) is 7.53. The highest BCUT2D eigenvalue weighted by Gasteiger charge is 2.33. The second kappa shape index (κ2) is 8.74. The number of methoxy groups -OCH3 is 2. The van der Waals surface area contributed by atoms with E-state index in [2.05, 4.69) is 47.0 Å². The Bertz CT molecular complexity index is 490. The Balaban J connectivity index is 1.85. The van der Waals surface area contributed by atoms with Crippen molar-refractivity contribution in [3.63, 3.8) is 0 Å². The van der Waals surface area contributed by atoms with Crippen molar-refractivity contribution < 1.29 is 9.47 Å². The zero-order valence-corrected chi connectivity index (χ0v) is 15.7. The molecule has 0 aliphatic heterocycles. The minimum Gasteiger partial charge on any atom is -0.383 e. The van der Waals surface area contributed by atoms with Crippen LogP contribution >= 0.6 is 0 Å². The fourth-order valence-corrected chi connectivity index (χ4v) is 2.95. The highest BCUT2D eigenvalue weighted by atomic mass is 16.5. The Morgan fingerprint density at radius 2 is 1.75 bits per heavy atom. The van der Waals surface area contributed by atoms with Gasteiger partial charge in [-0.15, -0.1) is 0 Å². The smallest absolute Gasteiger partial charge is 0.129 e. The van der Waals surface area contributed by atoms with Gasteiger partial charge < -0.3 is 14.8 Å². The van der Waals surface area contributed by atoms with E-state index in [-0.39, 0.29) is 5.41 Å². The Labute approximate surface area is 146 Å². The molecule has 0 saturated heterocycles. The molecule has 0 aromatic carbocycles. The van der Waals surface area contributed by atoms with Crippen LogP contribution in [-0.2, 0) is 14.9 Å². The normalized spacial score (nSPS) is 20.9. The maximum atomic E-state index is 5.22. The summed E-state index contributed by atoms with van der Waals surface area (Å²) in [5.74, 6) is 0.929. The van der Waals surface area contributed by atoms with Crippen molar-refractivity contribution in [3.05, 3.63) is 18.1 Å². The summed E-state index contributed by atoms with van der Waals surface area (Å²) in [5.41, 5.74) is 1.11. The number of hydrogen-bond donors (Lipinski definition) is 1. The number of nitrogens with one attached hydrogen (secondary N) is 1. The first kappa shape index (κ1) is 19.1. The quantitative estimate of drug-likeness (QED) is 0.747. The summed E-state index contributed by atoms with van der Waals surface area (Å²) in [5, 5.41) is 3.55. The van der Waals surface area contributed by atoms with Crippen LogP contribution in [0.4, 0.5) is 5.82 Å². The number of hydrogen-bond acceptors (Lipinski definition) is 6. The maximum absolute atomic E-state index is 5.22. The van der Waals surface area contributed by atoms with E-state index in [9.17, 15) is 0 Å². The third-order valence-corrected chi connectivity index (χ3v) is 4.58. The van der Waals surface area contributed by atoms with E-state index in [0.29, 0.717) is 12.1 Å². The monoisotopic (exact) mass is 336 g/mol. The summed E-state index contributed by atoms with van der Waals surface area (Å²) in [6.45, 7) is 9.95. The van der Waals surface area contributed by atoms with Crippen molar-refractivity contribution in [2.45, 2.75) is 51.1 Å². The van der Waals surface area contributed by atoms with Gasteiger partial charge in [0, 0.05) is 50.9 Å². The largest absolute Gasteiger partial charge is 0.383 e.